The summed E-state index contributed by atoms with van der Waals surface area (Å²) in [5, 5.41) is 17.5. The lowest BCUT2D eigenvalue weighted by molar-refractivity contribution is -0.117. The first kappa shape index (κ1) is 13.5. The minimum Gasteiger partial charge on any atom is -0.392 e. The fraction of sp³-hybridized carbons (Fsp3) is 0.267. The third-order valence-electron chi connectivity index (χ3n) is 3.49. The van der Waals surface area contributed by atoms with Gasteiger partial charge in [0.25, 0.3) is 0 Å². The van der Waals surface area contributed by atoms with Gasteiger partial charge < -0.3 is 15.7 Å². The van der Waals surface area contributed by atoms with Gasteiger partial charge in [-0.15, -0.1) is 0 Å². The van der Waals surface area contributed by atoms with Gasteiger partial charge in [-0.25, -0.2) is 0 Å². The van der Waals surface area contributed by atoms with Crippen molar-refractivity contribution in [2.24, 2.45) is 0 Å². The molecule has 2 aromatic rings. The summed E-state index contributed by atoms with van der Waals surface area (Å²) in [4.78, 5) is 12.1. The van der Waals surface area contributed by atoms with Crippen LogP contribution in [0.4, 0.5) is 5.69 Å². The molecule has 1 amide bonds. The zero-order valence-electron chi connectivity index (χ0n) is 10.8. The molecule has 0 aromatic heterocycles. The maximum Gasteiger partial charge on any atom is 0.241 e. The third-order valence-corrected chi connectivity index (χ3v) is 3.99. The molecule has 1 fully saturated rings. The second-order valence-electron chi connectivity index (χ2n) is 5.05. The molecule has 3 N–H and O–H groups in total. The Kier molecular flexibility index (Phi) is 3.74. The van der Waals surface area contributed by atoms with Gasteiger partial charge in [-0.05, 0) is 41.5 Å². The summed E-state index contributed by atoms with van der Waals surface area (Å²) in [6.07, 6.45) is 0.0338. The maximum atomic E-state index is 12.1. The SMILES string of the molecule is O=C(Nc1ccc2cc(Br)ccc2c1)C1CC(O)CN1. The van der Waals surface area contributed by atoms with Crippen LogP contribution < -0.4 is 10.6 Å². The summed E-state index contributed by atoms with van der Waals surface area (Å²) < 4.78 is 1.03. The minimum absolute atomic E-state index is 0.0991. The fourth-order valence-electron chi connectivity index (χ4n) is 2.44. The van der Waals surface area contributed by atoms with E-state index in [4.69, 9.17) is 0 Å². The summed E-state index contributed by atoms with van der Waals surface area (Å²) in [6.45, 7) is 0.476. The van der Waals surface area contributed by atoms with E-state index in [0.717, 1.165) is 20.9 Å². The first-order chi connectivity index (χ1) is 9.61. The molecule has 1 aliphatic rings. The van der Waals surface area contributed by atoms with E-state index in [2.05, 4.69) is 26.6 Å². The molecule has 1 heterocycles. The molecule has 0 spiro atoms. The second-order valence-corrected chi connectivity index (χ2v) is 5.96. The number of hydrogen-bond acceptors (Lipinski definition) is 3. The topological polar surface area (TPSA) is 61.4 Å². The number of halogens is 1. The second kappa shape index (κ2) is 5.52. The van der Waals surface area contributed by atoms with E-state index in [9.17, 15) is 9.90 Å². The average molecular weight is 335 g/mol. The molecule has 2 aromatic carbocycles. The molecule has 0 saturated carbocycles. The largest absolute Gasteiger partial charge is 0.392 e. The molecule has 2 atom stereocenters. The lowest BCUT2D eigenvalue weighted by Gasteiger charge is -2.11. The van der Waals surface area contributed by atoms with Crippen LogP contribution >= 0.6 is 15.9 Å². The van der Waals surface area contributed by atoms with Crippen molar-refractivity contribution in [3.05, 3.63) is 40.9 Å². The Hall–Kier alpha value is -1.43. The van der Waals surface area contributed by atoms with Gasteiger partial charge in [0.1, 0.15) is 0 Å². The predicted octanol–water partition coefficient (Wildman–Crippen LogP) is 2.26. The van der Waals surface area contributed by atoms with Gasteiger partial charge in [0.15, 0.2) is 0 Å². The van der Waals surface area contributed by atoms with E-state index in [1.54, 1.807) is 0 Å². The number of aliphatic hydroxyl groups is 1. The number of carbonyl (C=O) groups is 1. The van der Waals surface area contributed by atoms with Crippen LogP contribution in [0.25, 0.3) is 10.8 Å². The van der Waals surface area contributed by atoms with Crippen LogP contribution in [0.2, 0.25) is 0 Å². The van der Waals surface area contributed by atoms with Crippen LogP contribution in [0, 0.1) is 0 Å². The number of fused-ring (bicyclic) bond motifs is 1. The van der Waals surface area contributed by atoms with Gasteiger partial charge >= 0.3 is 0 Å². The Bertz CT molecular complexity index is 659. The zero-order chi connectivity index (χ0) is 14.1. The number of hydrogen-bond donors (Lipinski definition) is 3. The minimum atomic E-state index is -0.431. The smallest absolute Gasteiger partial charge is 0.241 e. The maximum absolute atomic E-state index is 12.1. The number of benzene rings is 2. The van der Waals surface area contributed by atoms with Gasteiger partial charge in [-0.2, -0.15) is 0 Å². The van der Waals surface area contributed by atoms with Crippen LogP contribution in [0.5, 0.6) is 0 Å². The van der Waals surface area contributed by atoms with Crippen molar-refractivity contribution in [2.75, 3.05) is 11.9 Å². The van der Waals surface area contributed by atoms with Crippen molar-refractivity contribution in [2.45, 2.75) is 18.6 Å². The van der Waals surface area contributed by atoms with Gasteiger partial charge in [0.05, 0.1) is 12.1 Å². The molecule has 1 saturated heterocycles. The molecular weight excluding hydrogens is 320 g/mol. The predicted molar refractivity (Wildman–Crippen MR) is 82.7 cm³/mol. The quantitative estimate of drug-likeness (QED) is 0.789. The lowest BCUT2D eigenvalue weighted by atomic mass is 10.1. The molecule has 104 valence electrons. The average Bonchev–Trinajstić information content (AvgIpc) is 2.86. The van der Waals surface area contributed by atoms with Gasteiger partial charge in [0.2, 0.25) is 5.91 Å². The number of amides is 1. The number of β-amino-alcohol motifs (C(OH)–C–C–N with tert-alkyl or cyclic N) is 1. The summed E-state index contributed by atoms with van der Waals surface area (Å²) in [6, 6.07) is 11.5. The van der Waals surface area contributed by atoms with E-state index in [1.807, 2.05) is 36.4 Å². The van der Waals surface area contributed by atoms with Crippen LogP contribution in [0.3, 0.4) is 0 Å². The van der Waals surface area contributed by atoms with E-state index in [1.165, 1.54) is 0 Å². The van der Waals surface area contributed by atoms with Crippen molar-refractivity contribution < 1.29 is 9.90 Å². The Balaban J connectivity index is 1.77. The Morgan fingerprint density at radius 1 is 1.25 bits per heavy atom. The van der Waals surface area contributed by atoms with Gasteiger partial charge in [0, 0.05) is 16.7 Å². The summed E-state index contributed by atoms with van der Waals surface area (Å²) in [7, 11) is 0. The third kappa shape index (κ3) is 2.85. The van der Waals surface area contributed by atoms with Crippen LogP contribution in [-0.2, 0) is 4.79 Å². The number of carbonyl (C=O) groups excluding carboxylic acids is 1. The normalized spacial score (nSPS) is 22.1. The number of aliphatic hydroxyl groups excluding tert-OH is 1. The molecule has 1 aliphatic heterocycles. The first-order valence-electron chi connectivity index (χ1n) is 6.53. The van der Waals surface area contributed by atoms with Crippen molar-refractivity contribution >= 4 is 38.3 Å². The van der Waals surface area contributed by atoms with Crippen molar-refractivity contribution in [3.8, 4) is 0 Å². The fourth-order valence-corrected chi connectivity index (χ4v) is 2.82. The van der Waals surface area contributed by atoms with Gasteiger partial charge in [-0.3, -0.25) is 4.79 Å². The summed E-state index contributed by atoms with van der Waals surface area (Å²) in [5.41, 5.74) is 0.771. The summed E-state index contributed by atoms with van der Waals surface area (Å²) >= 11 is 3.44. The Morgan fingerprint density at radius 2 is 2.00 bits per heavy atom. The molecule has 20 heavy (non-hydrogen) atoms. The first-order valence-corrected chi connectivity index (χ1v) is 7.33. The molecule has 5 heteroatoms. The van der Waals surface area contributed by atoms with Crippen LogP contribution in [0.1, 0.15) is 6.42 Å². The van der Waals surface area contributed by atoms with Crippen LogP contribution in [-0.4, -0.2) is 29.7 Å². The highest BCUT2D eigenvalue weighted by molar-refractivity contribution is 9.10. The van der Waals surface area contributed by atoms with Crippen molar-refractivity contribution in [1.82, 2.24) is 5.32 Å². The lowest BCUT2D eigenvalue weighted by Crippen LogP contribution is -2.35. The standard InChI is InChI=1S/C15H15BrN2O2/c16-11-3-1-10-6-12(4-2-9(10)5-11)18-15(20)14-7-13(19)8-17-14/h1-6,13-14,17,19H,7-8H2,(H,18,20). The number of anilines is 1. The van der Waals surface area contributed by atoms with E-state index >= 15 is 0 Å². The monoisotopic (exact) mass is 334 g/mol. The van der Waals surface area contributed by atoms with Crippen molar-refractivity contribution in [1.29, 1.82) is 0 Å². The zero-order valence-corrected chi connectivity index (χ0v) is 12.4. The summed E-state index contributed by atoms with van der Waals surface area (Å²) in [5.74, 6) is -0.0991. The molecular formula is C15H15BrN2O2. The Labute approximate surface area is 125 Å². The number of rotatable bonds is 2. The highest BCUT2D eigenvalue weighted by Gasteiger charge is 2.27. The highest BCUT2D eigenvalue weighted by Crippen LogP contribution is 2.23. The van der Waals surface area contributed by atoms with E-state index in [-0.39, 0.29) is 11.9 Å². The molecule has 4 nitrogen and oxygen atoms in total. The molecule has 0 bridgehead atoms. The van der Waals surface area contributed by atoms with Crippen molar-refractivity contribution in [3.63, 3.8) is 0 Å². The number of nitrogens with one attached hydrogen (secondary N) is 2. The van der Waals surface area contributed by atoms with E-state index < -0.39 is 6.10 Å². The highest BCUT2D eigenvalue weighted by atomic mass is 79.9. The molecule has 2 unspecified atom stereocenters. The van der Waals surface area contributed by atoms with E-state index in [0.29, 0.717) is 13.0 Å². The Morgan fingerprint density at radius 3 is 2.75 bits per heavy atom. The molecule has 3 rings (SSSR count). The molecule has 0 radical (unpaired) electrons. The van der Waals surface area contributed by atoms with Crippen LogP contribution in [0.15, 0.2) is 40.9 Å². The molecule has 0 aliphatic carbocycles. The van der Waals surface area contributed by atoms with Gasteiger partial charge in [-0.1, -0.05) is 28.1 Å².